The third kappa shape index (κ3) is 6.22. The third-order valence-electron chi connectivity index (χ3n) is 6.38. The molecular formula is C26H32F3NO5. The molecule has 1 saturated heterocycles. The first kappa shape index (κ1) is 27.1. The first-order valence-electron chi connectivity index (χ1n) is 11.5. The van der Waals surface area contributed by atoms with Gasteiger partial charge in [0.2, 0.25) is 0 Å². The fourth-order valence-corrected chi connectivity index (χ4v) is 4.61. The predicted molar refractivity (Wildman–Crippen MR) is 123 cm³/mol. The van der Waals surface area contributed by atoms with Gasteiger partial charge in [0.15, 0.2) is 0 Å². The van der Waals surface area contributed by atoms with Gasteiger partial charge in [-0.1, -0.05) is 60.7 Å². The minimum absolute atomic E-state index is 0.0402. The molecule has 1 fully saturated rings. The van der Waals surface area contributed by atoms with E-state index in [1.807, 2.05) is 37.3 Å². The monoisotopic (exact) mass is 495 g/mol. The summed E-state index contributed by atoms with van der Waals surface area (Å²) in [5, 5.41) is 0. The Morgan fingerprint density at radius 1 is 1.00 bits per heavy atom. The summed E-state index contributed by atoms with van der Waals surface area (Å²) in [5.74, 6) is -1.49. The molecule has 0 amide bonds. The summed E-state index contributed by atoms with van der Waals surface area (Å²) >= 11 is 0. The molecule has 0 N–H and O–H groups in total. The van der Waals surface area contributed by atoms with E-state index < -0.39 is 17.7 Å². The number of likely N-dealkylation sites (tertiary alicyclic amines) is 1. The van der Waals surface area contributed by atoms with Crippen LogP contribution in [0.5, 0.6) is 0 Å². The number of ether oxygens (including phenoxy) is 4. The Morgan fingerprint density at radius 3 is 2.20 bits per heavy atom. The maximum Gasteiger partial charge on any atom is 0.432 e. The molecule has 4 unspecified atom stereocenters. The predicted octanol–water partition coefficient (Wildman–Crippen LogP) is 4.68. The zero-order valence-corrected chi connectivity index (χ0v) is 20.2. The fourth-order valence-electron chi connectivity index (χ4n) is 4.61. The van der Waals surface area contributed by atoms with Gasteiger partial charge in [0.05, 0.1) is 6.10 Å². The van der Waals surface area contributed by atoms with Gasteiger partial charge in [-0.15, -0.1) is 0 Å². The maximum absolute atomic E-state index is 14.2. The molecule has 6 nitrogen and oxygen atoms in total. The van der Waals surface area contributed by atoms with Gasteiger partial charge >= 0.3 is 12.1 Å². The molecule has 0 spiro atoms. The number of esters is 1. The molecule has 0 radical (unpaired) electrons. The number of hydrogen-bond acceptors (Lipinski definition) is 6. The zero-order valence-electron chi connectivity index (χ0n) is 20.2. The summed E-state index contributed by atoms with van der Waals surface area (Å²) in [5.41, 5.74) is -2.50. The molecule has 1 aliphatic heterocycles. The van der Waals surface area contributed by atoms with Crippen molar-refractivity contribution in [3.05, 3.63) is 71.8 Å². The highest BCUT2D eigenvalue weighted by atomic mass is 19.4. The highest BCUT2D eigenvalue weighted by molar-refractivity contribution is 5.82. The Balaban J connectivity index is 1.83. The molecule has 0 saturated carbocycles. The number of carbonyl (C=O) groups excluding carboxylic acids is 1. The lowest BCUT2D eigenvalue weighted by Crippen LogP contribution is -2.55. The lowest BCUT2D eigenvalue weighted by Gasteiger charge is -2.44. The van der Waals surface area contributed by atoms with Gasteiger partial charge in [0.1, 0.15) is 13.4 Å². The van der Waals surface area contributed by atoms with Crippen molar-refractivity contribution in [2.24, 2.45) is 0 Å². The van der Waals surface area contributed by atoms with E-state index in [0.717, 1.165) is 19.1 Å². The van der Waals surface area contributed by atoms with Crippen LogP contribution < -0.4 is 0 Å². The van der Waals surface area contributed by atoms with Gasteiger partial charge in [0, 0.05) is 38.4 Å². The quantitative estimate of drug-likeness (QED) is 0.353. The van der Waals surface area contributed by atoms with E-state index in [0.29, 0.717) is 13.0 Å². The van der Waals surface area contributed by atoms with Crippen LogP contribution in [0.25, 0.3) is 0 Å². The molecule has 192 valence electrons. The summed E-state index contributed by atoms with van der Waals surface area (Å²) in [6.07, 6.45) is -4.00. The molecule has 9 heteroatoms. The van der Waals surface area contributed by atoms with Crippen molar-refractivity contribution in [3.63, 3.8) is 0 Å². The van der Waals surface area contributed by atoms with Gasteiger partial charge in [0.25, 0.3) is 5.60 Å². The van der Waals surface area contributed by atoms with E-state index in [-0.39, 0.29) is 37.2 Å². The van der Waals surface area contributed by atoms with Crippen LogP contribution in [-0.4, -0.2) is 62.9 Å². The Kier molecular flexibility index (Phi) is 9.29. The number of rotatable bonds is 10. The van der Waals surface area contributed by atoms with E-state index in [4.69, 9.17) is 18.9 Å². The van der Waals surface area contributed by atoms with Gasteiger partial charge in [-0.2, -0.15) is 13.2 Å². The molecular weight excluding hydrogens is 463 g/mol. The van der Waals surface area contributed by atoms with Gasteiger partial charge < -0.3 is 18.9 Å². The smallest absolute Gasteiger partial charge is 0.432 e. The fraction of sp³-hybridized carbons (Fsp3) is 0.500. The minimum atomic E-state index is -5.02. The Hall–Kier alpha value is -2.46. The van der Waals surface area contributed by atoms with E-state index in [1.165, 1.54) is 31.4 Å². The number of hydrogen-bond donors (Lipinski definition) is 0. The molecule has 1 heterocycles. The largest absolute Gasteiger partial charge is 0.461 e. The third-order valence-corrected chi connectivity index (χ3v) is 6.38. The molecule has 0 bridgehead atoms. The molecule has 4 atom stereocenters. The van der Waals surface area contributed by atoms with Crippen molar-refractivity contribution in [1.82, 2.24) is 4.90 Å². The second kappa shape index (κ2) is 12.0. The zero-order chi connectivity index (χ0) is 25.5. The molecule has 2 aromatic rings. The Labute approximate surface area is 203 Å². The van der Waals surface area contributed by atoms with Crippen molar-refractivity contribution in [1.29, 1.82) is 0 Å². The number of alkyl halides is 3. The summed E-state index contributed by atoms with van der Waals surface area (Å²) < 4.78 is 63.7. The lowest BCUT2D eigenvalue weighted by atomic mass is 9.92. The van der Waals surface area contributed by atoms with Crippen LogP contribution in [0.3, 0.4) is 0 Å². The summed E-state index contributed by atoms with van der Waals surface area (Å²) in [7, 11) is 2.39. The van der Waals surface area contributed by atoms with E-state index in [2.05, 4.69) is 4.90 Å². The lowest BCUT2D eigenvalue weighted by molar-refractivity contribution is -0.277. The maximum atomic E-state index is 14.2. The van der Waals surface area contributed by atoms with Crippen molar-refractivity contribution in [2.75, 3.05) is 27.6 Å². The first-order valence-corrected chi connectivity index (χ1v) is 11.5. The van der Waals surface area contributed by atoms with E-state index in [1.54, 1.807) is 6.07 Å². The number of benzene rings is 2. The first-order chi connectivity index (χ1) is 16.7. The number of nitrogens with zero attached hydrogens (tertiary/aromatic N) is 1. The van der Waals surface area contributed by atoms with Crippen molar-refractivity contribution in [2.45, 2.75) is 56.3 Å². The SMILES string of the molecule is COCOC1CC(C)N(Cc2ccccc2)C(COC(=O)C(OC)(c2ccccc2)C(F)(F)F)C1. The van der Waals surface area contributed by atoms with Gasteiger partial charge in [-0.3, -0.25) is 4.90 Å². The molecule has 3 rings (SSSR count). The van der Waals surface area contributed by atoms with Crippen molar-refractivity contribution in [3.8, 4) is 0 Å². The van der Waals surface area contributed by atoms with Crippen LogP contribution in [0.4, 0.5) is 13.2 Å². The number of halogens is 3. The Morgan fingerprint density at radius 2 is 1.63 bits per heavy atom. The average Bonchev–Trinajstić information content (AvgIpc) is 2.84. The summed E-state index contributed by atoms with van der Waals surface area (Å²) in [4.78, 5) is 15.2. The van der Waals surface area contributed by atoms with Crippen LogP contribution in [0, 0.1) is 0 Å². The molecule has 35 heavy (non-hydrogen) atoms. The highest BCUT2D eigenvalue weighted by Gasteiger charge is 2.64. The second-order valence-electron chi connectivity index (χ2n) is 8.67. The number of piperidine rings is 1. The van der Waals surface area contributed by atoms with E-state index in [9.17, 15) is 18.0 Å². The summed E-state index contributed by atoms with van der Waals surface area (Å²) in [6.45, 7) is 2.46. The van der Waals surface area contributed by atoms with Crippen LogP contribution in [0.1, 0.15) is 30.9 Å². The molecule has 1 aliphatic rings. The average molecular weight is 496 g/mol. The Bertz CT molecular complexity index is 928. The molecule has 2 aromatic carbocycles. The normalized spacial score (nSPS) is 23.0. The molecule has 0 aliphatic carbocycles. The van der Waals surface area contributed by atoms with Gasteiger partial charge in [-0.05, 0) is 25.3 Å². The van der Waals surface area contributed by atoms with Crippen molar-refractivity contribution < 1.29 is 36.9 Å². The van der Waals surface area contributed by atoms with Crippen LogP contribution >= 0.6 is 0 Å². The van der Waals surface area contributed by atoms with Gasteiger partial charge in [-0.25, -0.2) is 4.79 Å². The second-order valence-corrected chi connectivity index (χ2v) is 8.67. The molecule has 0 aromatic heterocycles. The minimum Gasteiger partial charge on any atom is -0.461 e. The topological polar surface area (TPSA) is 57.2 Å². The number of methoxy groups -OCH3 is 2. The van der Waals surface area contributed by atoms with Crippen molar-refractivity contribution >= 4 is 5.97 Å². The standard InChI is InChI=1S/C26H32F3NO5/c1-19-14-23(35-18-32-2)15-22(30(19)16-20-10-6-4-7-11-20)17-34-24(31)25(33-3,26(27,28)29)21-12-8-5-9-13-21/h4-13,19,22-23H,14-18H2,1-3H3. The number of carbonyl (C=O) groups is 1. The van der Waals surface area contributed by atoms with Crippen LogP contribution in [0.2, 0.25) is 0 Å². The van der Waals surface area contributed by atoms with Crippen LogP contribution in [-0.2, 0) is 35.9 Å². The van der Waals surface area contributed by atoms with Crippen LogP contribution in [0.15, 0.2) is 60.7 Å². The van der Waals surface area contributed by atoms with E-state index >= 15 is 0 Å². The summed E-state index contributed by atoms with van der Waals surface area (Å²) in [6, 6.07) is 16.2. The highest BCUT2D eigenvalue weighted by Crippen LogP contribution is 2.43.